The summed E-state index contributed by atoms with van der Waals surface area (Å²) in [5.74, 6) is 1.12. The fourth-order valence-electron chi connectivity index (χ4n) is 4.17. The van der Waals surface area contributed by atoms with Crippen LogP contribution in [0, 0.1) is 5.82 Å². The van der Waals surface area contributed by atoms with E-state index in [0.717, 1.165) is 36.8 Å². The summed E-state index contributed by atoms with van der Waals surface area (Å²) in [6, 6.07) is 13.6. The smallest absolute Gasteiger partial charge is 0.243 e. The second kappa shape index (κ2) is 12.6. The molecule has 0 aromatic heterocycles. The monoisotopic (exact) mass is 472 g/mol. The number of rotatable bonds is 11. The number of ether oxygens (including phenoxy) is 1. The maximum atomic E-state index is 13.3. The SMILES string of the molecule is CCC(C(=O)NC1CCCC1)N(Cc1cccc(OC)c1)C(=O)CSCc1ccc(F)cc1. The van der Waals surface area contributed by atoms with Crippen LogP contribution >= 0.6 is 11.8 Å². The van der Waals surface area contributed by atoms with Crippen molar-refractivity contribution in [2.75, 3.05) is 12.9 Å². The predicted molar refractivity (Wildman–Crippen MR) is 131 cm³/mol. The van der Waals surface area contributed by atoms with Gasteiger partial charge in [-0.1, -0.05) is 44.0 Å². The minimum atomic E-state index is -0.532. The summed E-state index contributed by atoms with van der Waals surface area (Å²) >= 11 is 1.47. The van der Waals surface area contributed by atoms with Crippen molar-refractivity contribution in [1.29, 1.82) is 0 Å². The number of hydrogen-bond acceptors (Lipinski definition) is 4. The normalized spacial score (nSPS) is 14.6. The van der Waals surface area contributed by atoms with Crippen LogP contribution in [0.1, 0.15) is 50.2 Å². The molecule has 0 spiro atoms. The van der Waals surface area contributed by atoms with Crippen molar-refractivity contribution in [3.8, 4) is 5.75 Å². The van der Waals surface area contributed by atoms with Gasteiger partial charge in [-0.2, -0.15) is 0 Å². The highest BCUT2D eigenvalue weighted by Crippen LogP contribution is 2.22. The number of carbonyl (C=O) groups excluding carboxylic acids is 2. The number of amides is 2. The Bertz CT molecular complexity index is 916. The molecule has 1 atom stereocenters. The first-order valence-corrected chi connectivity index (χ1v) is 12.7. The molecule has 178 valence electrons. The molecule has 5 nitrogen and oxygen atoms in total. The van der Waals surface area contributed by atoms with Crippen LogP contribution in [0.5, 0.6) is 5.75 Å². The Morgan fingerprint density at radius 1 is 1.15 bits per heavy atom. The van der Waals surface area contributed by atoms with E-state index in [1.54, 1.807) is 24.1 Å². The molecule has 1 saturated carbocycles. The van der Waals surface area contributed by atoms with Crippen LogP contribution in [0.25, 0.3) is 0 Å². The summed E-state index contributed by atoms with van der Waals surface area (Å²) in [5.41, 5.74) is 1.87. The minimum absolute atomic E-state index is 0.0795. The Morgan fingerprint density at radius 2 is 1.88 bits per heavy atom. The molecule has 1 aliphatic carbocycles. The number of methoxy groups -OCH3 is 1. The Kier molecular flexibility index (Phi) is 9.61. The quantitative estimate of drug-likeness (QED) is 0.504. The number of hydrogen-bond donors (Lipinski definition) is 1. The number of nitrogens with zero attached hydrogens (tertiary/aromatic N) is 1. The molecule has 0 saturated heterocycles. The molecule has 1 aliphatic rings. The maximum Gasteiger partial charge on any atom is 0.243 e. The van der Waals surface area contributed by atoms with E-state index in [4.69, 9.17) is 4.74 Å². The third kappa shape index (κ3) is 7.49. The number of nitrogens with one attached hydrogen (secondary N) is 1. The van der Waals surface area contributed by atoms with Gasteiger partial charge in [0, 0.05) is 18.3 Å². The molecule has 33 heavy (non-hydrogen) atoms. The molecule has 2 aromatic rings. The van der Waals surface area contributed by atoms with Gasteiger partial charge in [0.1, 0.15) is 17.6 Å². The Hall–Kier alpha value is -2.54. The van der Waals surface area contributed by atoms with Gasteiger partial charge in [-0.15, -0.1) is 11.8 Å². The van der Waals surface area contributed by atoms with Crippen LogP contribution < -0.4 is 10.1 Å². The lowest BCUT2D eigenvalue weighted by Gasteiger charge is -2.31. The van der Waals surface area contributed by atoms with Gasteiger partial charge >= 0.3 is 0 Å². The van der Waals surface area contributed by atoms with Gasteiger partial charge in [0.25, 0.3) is 0 Å². The fraction of sp³-hybridized carbons (Fsp3) is 0.462. The van der Waals surface area contributed by atoms with Crippen molar-refractivity contribution in [3.05, 3.63) is 65.5 Å². The van der Waals surface area contributed by atoms with Crippen molar-refractivity contribution in [2.45, 2.75) is 63.4 Å². The van der Waals surface area contributed by atoms with Crippen LogP contribution in [0.15, 0.2) is 48.5 Å². The van der Waals surface area contributed by atoms with Gasteiger partial charge in [-0.3, -0.25) is 9.59 Å². The van der Waals surface area contributed by atoms with Crippen LogP contribution in [0.3, 0.4) is 0 Å². The predicted octanol–water partition coefficient (Wildman–Crippen LogP) is 4.93. The van der Waals surface area contributed by atoms with E-state index < -0.39 is 6.04 Å². The fourth-order valence-corrected chi connectivity index (χ4v) is 5.04. The summed E-state index contributed by atoms with van der Waals surface area (Å²) < 4.78 is 18.5. The Labute approximate surface area is 200 Å². The summed E-state index contributed by atoms with van der Waals surface area (Å²) in [5, 5.41) is 3.16. The molecular weight excluding hydrogens is 439 g/mol. The van der Waals surface area contributed by atoms with Crippen LogP contribution in [-0.4, -0.2) is 41.7 Å². The van der Waals surface area contributed by atoms with Gasteiger partial charge < -0.3 is 15.0 Å². The average Bonchev–Trinajstić information content (AvgIpc) is 3.33. The molecular formula is C26H33FN2O3S. The first kappa shape index (κ1) is 25.1. The largest absolute Gasteiger partial charge is 0.497 e. The summed E-state index contributed by atoms with van der Waals surface area (Å²) in [4.78, 5) is 28.2. The number of benzene rings is 2. The zero-order chi connectivity index (χ0) is 23.6. The zero-order valence-corrected chi connectivity index (χ0v) is 20.2. The van der Waals surface area contributed by atoms with Crippen molar-refractivity contribution in [2.24, 2.45) is 0 Å². The minimum Gasteiger partial charge on any atom is -0.497 e. The van der Waals surface area contributed by atoms with E-state index in [-0.39, 0.29) is 29.4 Å². The standard InChI is InChI=1S/C26H33FN2O3S/c1-3-24(26(31)28-22-8-4-5-9-22)29(16-20-7-6-10-23(15-20)32-2)25(30)18-33-17-19-11-13-21(27)14-12-19/h6-7,10-15,22,24H,3-5,8-9,16-18H2,1-2H3,(H,28,31). The molecule has 0 bridgehead atoms. The molecule has 3 rings (SSSR count). The van der Waals surface area contributed by atoms with E-state index in [1.165, 1.54) is 23.9 Å². The van der Waals surface area contributed by atoms with Gasteiger partial charge in [0.05, 0.1) is 12.9 Å². The van der Waals surface area contributed by atoms with Gasteiger partial charge in [-0.25, -0.2) is 4.39 Å². The molecule has 1 unspecified atom stereocenters. The summed E-state index contributed by atoms with van der Waals surface area (Å²) in [6.07, 6.45) is 4.80. The van der Waals surface area contributed by atoms with E-state index in [1.807, 2.05) is 31.2 Å². The third-order valence-corrected chi connectivity index (χ3v) is 6.97. The highest BCUT2D eigenvalue weighted by molar-refractivity contribution is 7.99. The lowest BCUT2D eigenvalue weighted by molar-refractivity contribution is -0.139. The van der Waals surface area contributed by atoms with E-state index in [2.05, 4.69) is 5.32 Å². The lowest BCUT2D eigenvalue weighted by Crippen LogP contribution is -2.51. The van der Waals surface area contributed by atoms with Gasteiger partial charge in [0.2, 0.25) is 11.8 Å². The number of thioether (sulfide) groups is 1. The zero-order valence-electron chi connectivity index (χ0n) is 19.4. The molecule has 0 heterocycles. The number of carbonyl (C=O) groups is 2. The molecule has 1 N–H and O–H groups in total. The Morgan fingerprint density at radius 3 is 2.55 bits per heavy atom. The second-order valence-electron chi connectivity index (χ2n) is 8.41. The summed E-state index contributed by atoms with van der Waals surface area (Å²) in [6.45, 7) is 2.28. The van der Waals surface area contributed by atoms with Gasteiger partial charge in [0.15, 0.2) is 0 Å². The third-order valence-electron chi connectivity index (χ3n) is 5.98. The van der Waals surface area contributed by atoms with Gasteiger partial charge in [-0.05, 0) is 54.7 Å². The van der Waals surface area contributed by atoms with Crippen LogP contribution in [-0.2, 0) is 21.9 Å². The topological polar surface area (TPSA) is 58.6 Å². The van der Waals surface area contributed by atoms with Crippen molar-refractivity contribution >= 4 is 23.6 Å². The second-order valence-corrected chi connectivity index (χ2v) is 9.39. The molecule has 0 radical (unpaired) electrons. The molecule has 2 aromatic carbocycles. The highest BCUT2D eigenvalue weighted by Gasteiger charge is 2.30. The Balaban J connectivity index is 1.71. The molecule has 7 heteroatoms. The van der Waals surface area contributed by atoms with Crippen LogP contribution in [0.2, 0.25) is 0 Å². The molecule has 0 aliphatic heterocycles. The lowest BCUT2D eigenvalue weighted by atomic mass is 10.1. The maximum absolute atomic E-state index is 13.3. The van der Waals surface area contributed by atoms with Crippen molar-refractivity contribution in [1.82, 2.24) is 10.2 Å². The molecule has 2 amide bonds. The van der Waals surface area contributed by atoms with Crippen LogP contribution in [0.4, 0.5) is 4.39 Å². The van der Waals surface area contributed by atoms with E-state index in [0.29, 0.717) is 24.5 Å². The first-order valence-electron chi connectivity index (χ1n) is 11.5. The summed E-state index contributed by atoms with van der Waals surface area (Å²) in [7, 11) is 1.61. The first-order chi connectivity index (χ1) is 16.0. The molecule has 1 fully saturated rings. The number of halogens is 1. The van der Waals surface area contributed by atoms with E-state index >= 15 is 0 Å². The highest BCUT2D eigenvalue weighted by atomic mass is 32.2. The van der Waals surface area contributed by atoms with E-state index in [9.17, 15) is 14.0 Å². The van der Waals surface area contributed by atoms with Crippen molar-refractivity contribution in [3.63, 3.8) is 0 Å². The van der Waals surface area contributed by atoms with Crippen molar-refractivity contribution < 1.29 is 18.7 Å². The average molecular weight is 473 g/mol.